The minimum atomic E-state index is -0.00877. The Hall–Kier alpha value is 0.230. The summed E-state index contributed by atoms with van der Waals surface area (Å²) in [6.07, 6.45) is 4.34. The molecule has 0 amide bonds. The van der Waals surface area contributed by atoms with Crippen LogP contribution in [0.3, 0.4) is 0 Å². The predicted molar refractivity (Wildman–Crippen MR) is 74.2 cm³/mol. The molecule has 0 bridgehead atoms. The molecule has 0 heterocycles. The molecule has 0 aliphatic carbocycles. The first-order chi connectivity index (χ1) is 7.61. The van der Waals surface area contributed by atoms with E-state index in [9.17, 15) is 0 Å². The fourth-order valence-electron chi connectivity index (χ4n) is 2.15. The Labute approximate surface area is 105 Å². The third-order valence-electron chi connectivity index (χ3n) is 3.58. The molecule has 98 valence electrons. The van der Waals surface area contributed by atoms with Gasteiger partial charge in [-0.15, -0.1) is 0 Å². The molecule has 0 aromatic heterocycles. The molecule has 0 spiro atoms. The van der Waals surface area contributed by atoms with E-state index in [-0.39, 0.29) is 5.54 Å². The normalized spacial score (nSPS) is 17.4. The SMILES string of the molecule is CCC(CSC)N(C)C(CC)(CN)COC. The zero-order chi connectivity index (χ0) is 12.6. The molecule has 0 aromatic rings. The molecule has 2 atom stereocenters. The first kappa shape index (κ1) is 16.2. The first-order valence-corrected chi connectivity index (χ1v) is 7.42. The number of thioether (sulfide) groups is 1. The van der Waals surface area contributed by atoms with E-state index in [1.165, 1.54) is 0 Å². The summed E-state index contributed by atoms with van der Waals surface area (Å²) in [7, 11) is 3.93. The van der Waals surface area contributed by atoms with Crippen molar-refractivity contribution in [3.63, 3.8) is 0 Å². The topological polar surface area (TPSA) is 38.5 Å². The Balaban J connectivity index is 4.74. The highest BCUT2D eigenvalue weighted by Gasteiger charge is 2.34. The average molecular weight is 248 g/mol. The highest BCUT2D eigenvalue weighted by Crippen LogP contribution is 2.23. The summed E-state index contributed by atoms with van der Waals surface area (Å²) in [5.74, 6) is 1.15. The maximum absolute atomic E-state index is 5.97. The van der Waals surface area contributed by atoms with E-state index in [4.69, 9.17) is 10.5 Å². The number of methoxy groups -OCH3 is 1. The second kappa shape index (κ2) is 8.34. The summed E-state index contributed by atoms with van der Waals surface area (Å²) in [4.78, 5) is 2.42. The number of likely N-dealkylation sites (N-methyl/N-ethyl adjacent to an activating group) is 1. The largest absolute Gasteiger partial charge is 0.383 e. The van der Waals surface area contributed by atoms with Gasteiger partial charge >= 0.3 is 0 Å². The molecule has 4 heteroatoms. The minimum Gasteiger partial charge on any atom is -0.383 e. The molecule has 0 fully saturated rings. The second-order valence-electron chi connectivity index (χ2n) is 4.34. The van der Waals surface area contributed by atoms with Crippen LogP contribution in [0.5, 0.6) is 0 Å². The summed E-state index contributed by atoms with van der Waals surface area (Å²) in [5.41, 5.74) is 5.96. The second-order valence-corrected chi connectivity index (χ2v) is 5.25. The fraction of sp³-hybridized carbons (Fsp3) is 1.00. The van der Waals surface area contributed by atoms with Gasteiger partial charge in [-0.1, -0.05) is 13.8 Å². The monoisotopic (exact) mass is 248 g/mol. The lowest BCUT2D eigenvalue weighted by atomic mass is 9.93. The summed E-state index contributed by atoms with van der Waals surface area (Å²) in [6, 6.07) is 0.577. The van der Waals surface area contributed by atoms with Gasteiger partial charge in [0.25, 0.3) is 0 Å². The van der Waals surface area contributed by atoms with Gasteiger partial charge in [-0.05, 0) is 26.1 Å². The molecule has 3 nitrogen and oxygen atoms in total. The van der Waals surface area contributed by atoms with E-state index in [0.717, 1.165) is 18.6 Å². The van der Waals surface area contributed by atoms with Crippen molar-refractivity contribution in [2.24, 2.45) is 5.73 Å². The quantitative estimate of drug-likeness (QED) is 0.675. The van der Waals surface area contributed by atoms with Gasteiger partial charge in [-0.3, -0.25) is 4.90 Å². The molecule has 0 aliphatic rings. The number of hydrogen-bond donors (Lipinski definition) is 1. The van der Waals surface area contributed by atoms with Gasteiger partial charge in [-0.2, -0.15) is 11.8 Å². The Morgan fingerprint density at radius 2 is 2.06 bits per heavy atom. The lowest BCUT2D eigenvalue weighted by Gasteiger charge is -2.44. The van der Waals surface area contributed by atoms with Crippen LogP contribution in [0.15, 0.2) is 0 Å². The molecule has 0 saturated heterocycles. The Bertz CT molecular complexity index is 174. The van der Waals surface area contributed by atoms with Crippen LogP contribution in [0, 0.1) is 0 Å². The number of nitrogens with zero attached hydrogens (tertiary/aromatic N) is 1. The molecule has 2 unspecified atom stereocenters. The molecule has 16 heavy (non-hydrogen) atoms. The molecule has 0 radical (unpaired) electrons. The third kappa shape index (κ3) is 3.91. The van der Waals surface area contributed by atoms with Gasteiger partial charge in [0.05, 0.1) is 12.1 Å². The van der Waals surface area contributed by atoms with Crippen LogP contribution in [0.2, 0.25) is 0 Å². The van der Waals surface area contributed by atoms with E-state index >= 15 is 0 Å². The van der Waals surface area contributed by atoms with Crippen LogP contribution >= 0.6 is 11.8 Å². The van der Waals surface area contributed by atoms with Crippen molar-refractivity contribution in [1.29, 1.82) is 0 Å². The van der Waals surface area contributed by atoms with Crippen molar-refractivity contribution in [3.05, 3.63) is 0 Å². The molecule has 0 saturated carbocycles. The summed E-state index contributed by atoms with van der Waals surface area (Å²) in [5, 5.41) is 0. The van der Waals surface area contributed by atoms with Crippen molar-refractivity contribution in [2.45, 2.75) is 38.3 Å². The lowest BCUT2D eigenvalue weighted by Crippen LogP contribution is -2.58. The Morgan fingerprint density at radius 3 is 2.38 bits per heavy atom. The van der Waals surface area contributed by atoms with Gasteiger partial charge < -0.3 is 10.5 Å². The maximum Gasteiger partial charge on any atom is 0.0658 e. The molecule has 2 N–H and O–H groups in total. The standard InChI is InChI=1S/C12H28N2OS/c1-6-11(8-16-5)14(3)12(7-2,9-13)10-15-4/h11H,6-10,13H2,1-5H3. The molecule has 0 aromatic carbocycles. The number of nitrogens with two attached hydrogens (primary N) is 1. The fourth-order valence-corrected chi connectivity index (χ4v) is 3.00. The Morgan fingerprint density at radius 1 is 1.44 bits per heavy atom. The van der Waals surface area contributed by atoms with Crippen LogP contribution < -0.4 is 5.73 Å². The molecule has 0 aliphatic heterocycles. The van der Waals surface area contributed by atoms with Crippen molar-refractivity contribution in [3.8, 4) is 0 Å². The smallest absolute Gasteiger partial charge is 0.0658 e. The molecule has 0 rings (SSSR count). The van der Waals surface area contributed by atoms with E-state index in [0.29, 0.717) is 19.2 Å². The highest BCUT2D eigenvalue weighted by molar-refractivity contribution is 7.98. The third-order valence-corrected chi connectivity index (χ3v) is 4.30. The molecular weight excluding hydrogens is 220 g/mol. The van der Waals surface area contributed by atoms with Crippen molar-refractivity contribution in [2.75, 3.05) is 39.3 Å². The summed E-state index contributed by atoms with van der Waals surface area (Å²) >= 11 is 1.89. The maximum atomic E-state index is 5.97. The van der Waals surface area contributed by atoms with Crippen molar-refractivity contribution < 1.29 is 4.74 Å². The van der Waals surface area contributed by atoms with Crippen LogP contribution in [-0.2, 0) is 4.74 Å². The first-order valence-electron chi connectivity index (χ1n) is 6.02. The summed E-state index contributed by atoms with van der Waals surface area (Å²) < 4.78 is 5.35. The minimum absolute atomic E-state index is 0.00877. The Kier molecular flexibility index (Phi) is 8.46. The zero-order valence-corrected chi connectivity index (χ0v) is 12.3. The van der Waals surface area contributed by atoms with E-state index < -0.39 is 0 Å². The van der Waals surface area contributed by atoms with Gasteiger partial charge in [-0.25, -0.2) is 0 Å². The van der Waals surface area contributed by atoms with E-state index in [2.05, 4.69) is 32.1 Å². The van der Waals surface area contributed by atoms with Crippen LogP contribution in [0.4, 0.5) is 0 Å². The predicted octanol–water partition coefficient (Wildman–Crippen LogP) is 1.81. The number of rotatable bonds is 9. The molecular formula is C12H28N2OS. The van der Waals surface area contributed by atoms with Crippen LogP contribution in [0.25, 0.3) is 0 Å². The van der Waals surface area contributed by atoms with Gasteiger partial charge in [0.1, 0.15) is 0 Å². The van der Waals surface area contributed by atoms with Crippen molar-refractivity contribution in [1.82, 2.24) is 4.90 Å². The summed E-state index contributed by atoms with van der Waals surface area (Å²) in [6.45, 7) is 5.79. The lowest BCUT2D eigenvalue weighted by molar-refractivity contribution is 0.00718. The van der Waals surface area contributed by atoms with E-state index in [1.807, 2.05) is 11.8 Å². The van der Waals surface area contributed by atoms with E-state index in [1.54, 1.807) is 7.11 Å². The van der Waals surface area contributed by atoms with Gasteiger partial charge in [0.2, 0.25) is 0 Å². The van der Waals surface area contributed by atoms with Crippen LogP contribution in [0.1, 0.15) is 26.7 Å². The van der Waals surface area contributed by atoms with Gasteiger partial charge in [0.15, 0.2) is 0 Å². The zero-order valence-electron chi connectivity index (χ0n) is 11.5. The number of hydrogen-bond acceptors (Lipinski definition) is 4. The van der Waals surface area contributed by atoms with Gasteiger partial charge in [0, 0.05) is 25.4 Å². The van der Waals surface area contributed by atoms with Crippen LogP contribution in [-0.4, -0.2) is 55.8 Å². The number of ether oxygens (including phenoxy) is 1. The average Bonchev–Trinajstić information content (AvgIpc) is 2.32. The van der Waals surface area contributed by atoms with Crippen molar-refractivity contribution >= 4 is 11.8 Å². The highest BCUT2D eigenvalue weighted by atomic mass is 32.2.